The second-order valence-corrected chi connectivity index (χ2v) is 9.16. The first-order chi connectivity index (χ1) is 12.0. The van der Waals surface area contributed by atoms with Gasteiger partial charge in [-0.15, -0.1) is 0 Å². The van der Waals surface area contributed by atoms with Crippen LogP contribution in [0.4, 0.5) is 0 Å². The van der Waals surface area contributed by atoms with E-state index >= 15 is 0 Å². The molecule has 0 unspecified atom stereocenters. The van der Waals surface area contributed by atoms with Crippen molar-refractivity contribution in [3.63, 3.8) is 0 Å². The molecule has 0 aromatic heterocycles. The van der Waals surface area contributed by atoms with Gasteiger partial charge in [-0.25, -0.2) is 0 Å². The zero-order valence-corrected chi connectivity index (χ0v) is 16.3. The molecule has 0 aliphatic heterocycles. The highest BCUT2D eigenvalue weighted by molar-refractivity contribution is 7.86. The molecule has 2 aromatic carbocycles. The van der Waals surface area contributed by atoms with Crippen LogP contribution >= 0.6 is 0 Å². The molecule has 6 nitrogen and oxygen atoms in total. The highest BCUT2D eigenvalue weighted by Crippen LogP contribution is 2.22. The molecule has 2 N–H and O–H groups in total. The molecule has 0 heterocycles. The van der Waals surface area contributed by atoms with Crippen LogP contribution in [0, 0.1) is 13.8 Å². The fourth-order valence-corrected chi connectivity index (χ4v) is 4.41. The summed E-state index contributed by atoms with van der Waals surface area (Å²) in [6, 6.07) is 9.46. The summed E-state index contributed by atoms with van der Waals surface area (Å²) in [6.07, 6.45) is 2.07. The fraction of sp³-hybridized carbons (Fsp3) is 0.333. The lowest BCUT2D eigenvalue weighted by molar-refractivity contribution is 0.479. The largest absolute Gasteiger partial charge is 0.294 e. The number of aryl methyl sites for hydroxylation is 4. The Morgan fingerprint density at radius 2 is 1.04 bits per heavy atom. The normalized spacial score (nSPS) is 12.3. The minimum absolute atomic E-state index is 0.0997. The van der Waals surface area contributed by atoms with E-state index in [0.29, 0.717) is 36.8 Å². The molecule has 8 heteroatoms. The maximum absolute atomic E-state index is 11.5. The monoisotopic (exact) mass is 398 g/mol. The lowest BCUT2D eigenvalue weighted by atomic mass is 10.0. The predicted octanol–water partition coefficient (Wildman–Crippen LogP) is 3.36. The summed E-state index contributed by atoms with van der Waals surface area (Å²) in [4.78, 5) is -0.199. The van der Waals surface area contributed by atoms with Gasteiger partial charge in [-0.1, -0.05) is 35.4 Å². The maximum Gasteiger partial charge on any atom is 0.294 e. The third kappa shape index (κ3) is 5.38. The molecule has 0 saturated heterocycles. The first-order valence-corrected chi connectivity index (χ1v) is 11.0. The summed E-state index contributed by atoms with van der Waals surface area (Å²) in [6.45, 7) is 3.67. The van der Waals surface area contributed by atoms with Crippen molar-refractivity contribution in [2.45, 2.75) is 49.3 Å². The Kier molecular flexibility index (Phi) is 6.23. The Morgan fingerprint density at radius 1 is 0.692 bits per heavy atom. The SMILES string of the molecule is Cc1ccc(S(=O)(=O)O)c(CCCCc2cc(C)ccc2S(=O)(=O)O)c1. The summed E-state index contributed by atoms with van der Waals surface area (Å²) in [7, 11) is -8.57. The van der Waals surface area contributed by atoms with Crippen LogP contribution in [0.5, 0.6) is 0 Å². The van der Waals surface area contributed by atoms with Crippen molar-refractivity contribution in [1.82, 2.24) is 0 Å². The van der Waals surface area contributed by atoms with Gasteiger partial charge in [0, 0.05) is 0 Å². The van der Waals surface area contributed by atoms with E-state index in [0.717, 1.165) is 11.1 Å². The van der Waals surface area contributed by atoms with E-state index in [2.05, 4.69) is 0 Å². The second-order valence-electron chi connectivity index (χ2n) is 6.38. The number of hydrogen-bond acceptors (Lipinski definition) is 4. The topological polar surface area (TPSA) is 109 Å². The minimum Gasteiger partial charge on any atom is -0.282 e. The van der Waals surface area contributed by atoms with E-state index in [1.807, 2.05) is 13.8 Å². The van der Waals surface area contributed by atoms with Gasteiger partial charge in [-0.2, -0.15) is 16.8 Å². The number of hydrogen-bond donors (Lipinski definition) is 2. The number of rotatable bonds is 7. The molecule has 26 heavy (non-hydrogen) atoms. The van der Waals surface area contributed by atoms with E-state index < -0.39 is 20.2 Å². The molecule has 0 saturated carbocycles. The Bertz CT molecular complexity index is 924. The molecule has 0 bridgehead atoms. The molecule has 0 fully saturated rings. The summed E-state index contributed by atoms with van der Waals surface area (Å²) in [5.41, 5.74) is 2.85. The van der Waals surface area contributed by atoms with E-state index in [9.17, 15) is 25.9 Å². The number of benzene rings is 2. The molecule has 0 aliphatic rings. The third-order valence-corrected chi connectivity index (χ3v) is 6.04. The van der Waals surface area contributed by atoms with Crippen LogP contribution in [-0.2, 0) is 33.1 Å². The first kappa shape index (κ1) is 20.6. The van der Waals surface area contributed by atoms with Crippen LogP contribution < -0.4 is 0 Å². The molecule has 0 spiro atoms. The van der Waals surface area contributed by atoms with Crippen LogP contribution in [0.3, 0.4) is 0 Å². The van der Waals surface area contributed by atoms with Crippen molar-refractivity contribution < 1.29 is 25.9 Å². The molecule has 0 amide bonds. The molecule has 2 aromatic rings. The van der Waals surface area contributed by atoms with E-state index in [1.54, 1.807) is 24.3 Å². The first-order valence-electron chi connectivity index (χ1n) is 8.12. The zero-order valence-electron chi connectivity index (χ0n) is 14.6. The van der Waals surface area contributed by atoms with Gasteiger partial charge in [-0.3, -0.25) is 9.11 Å². The quantitative estimate of drug-likeness (QED) is 0.547. The van der Waals surface area contributed by atoms with Crippen molar-refractivity contribution in [2.75, 3.05) is 0 Å². The molecule has 0 radical (unpaired) electrons. The molecule has 0 aliphatic carbocycles. The van der Waals surface area contributed by atoms with Crippen LogP contribution in [0.15, 0.2) is 46.2 Å². The summed E-state index contributed by atoms with van der Waals surface area (Å²) in [5, 5.41) is 0. The highest BCUT2D eigenvalue weighted by atomic mass is 32.2. The third-order valence-electron chi connectivity index (χ3n) is 4.13. The molecule has 2 rings (SSSR count). The van der Waals surface area contributed by atoms with Gasteiger partial charge in [0.15, 0.2) is 0 Å². The second kappa shape index (κ2) is 7.87. The lowest BCUT2D eigenvalue weighted by Gasteiger charge is -2.10. The van der Waals surface area contributed by atoms with Crippen molar-refractivity contribution in [2.24, 2.45) is 0 Å². The van der Waals surface area contributed by atoms with Crippen LogP contribution in [0.2, 0.25) is 0 Å². The fourth-order valence-electron chi connectivity index (χ4n) is 2.94. The Morgan fingerprint density at radius 3 is 1.35 bits per heavy atom. The Hall–Kier alpha value is -1.74. The maximum atomic E-state index is 11.5. The van der Waals surface area contributed by atoms with E-state index in [4.69, 9.17) is 0 Å². The van der Waals surface area contributed by atoms with E-state index in [1.165, 1.54) is 12.1 Å². The van der Waals surface area contributed by atoms with Crippen molar-refractivity contribution in [1.29, 1.82) is 0 Å². The average molecular weight is 399 g/mol. The van der Waals surface area contributed by atoms with Gasteiger partial charge in [0.2, 0.25) is 0 Å². The van der Waals surface area contributed by atoms with Gasteiger partial charge >= 0.3 is 0 Å². The standard InChI is InChI=1S/C18H22O6S2/c1-13-7-9-17(25(19,20)21)15(11-13)5-3-4-6-16-12-14(2)8-10-18(16)26(22,23)24/h7-12H,3-6H2,1-2H3,(H,19,20,21)(H,22,23,24). The summed E-state index contributed by atoms with van der Waals surface area (Å²) in [5.74, 6) is 0. The van der Waals surface area contributed by atoms with Gasteiger partial charge in [0.05, 0.1) is 9.79 Å². The highest BCUT2D eigenvalue weighted by Gasteiger charge is 2.17. The van der Waals surface area contributed by atoms with Crippen LogP contribution in [0.25, 0.3) is 0 Å². The van der Waals surface area contributed by atoms with Gasteiger partial charge < -0.3 is 0 Å². The Labute approximate surface area is 154 Å². The zero-order chi connectivity index (χ0) is 19.5. The molecular weight excluding hydrogens is 376 g/mol. The number of unbranched alkanes of at least 4 members (excludes halogenated alkanes) is 1. The molecule has 0 atom stereocenters. The smallest absolute Gasteiger partial charge is 0.282 e. The van der Waals surface area contributed by atoms with Crippen molar-refractivity contribution >= 4 is 20.2 Å². The minimum atomic E-state index is -4.28. The van der Waals surface area contributed by atoms with Gasteiger partial charge in [0.25, 0.3) is 20.2 Å². The Balaban J connectivity index is 2.12. The van der Waals surface area contributed by atoms with Gasteiger partial charge in [-0.05, 0) is 62.8 Å². The summed E-state index contributed by atoms with van der Waals surface area (Å²) < 4.78 is 64.5. The molecular formula is C18H22O6S2. The van der Waals surface area contributed by atoms with Crippen molar-refractivity contribution in [3.8, 4) is 0 Å². The van der Waals surface area contributed by atoms with Crippen LogP contribution in [-0.4, -0.2) is 25.9 Å². The molecule has 142 valence electrons. The predicted molar refractivity (Wildman–Crippen MR) is 98.6 cm³/mol. The van der Waals surface area contributed by atoms with Crippen LogP contribution in [0.1, 0.15) is 35.1 Å². The summed E-state index contributed by atoms with van der Waals surface area (Å²) >= 11 is 0. The lowest BCUT2D eigenvalue weighted by Crippen LogP contribution is -2.05. The average Bonchev–Trinajstić information content (AvgIpc) is 2.49. The van der Waals surface area contributed by atoms with Crippen molar-refractivity contribution in [3.05, 3.63) is 58.7 Å². The van der Waals surface area contributed by atoms with Gasteiger partial charge in [0.1, 0.15) is 0 Å². The van der Waals surface area contributed by atoms with E-state index in [-0.39, 0.29) is 9.79 Å².